The lowest BCUT2D eigenvalue weighted by Gasteiger charge is -2.24. The molecule has 0 bridgehead atoms. The van der Waals surface area contributed by atoms with Crippen LogP contribution in [0.5, 0.6) is 5.75 Å². The number of ether oxygens (including phenoxy) is 2. The summed E-state index contributed by atoms with van der Waals surface area (Å²) in [4.78, 5) is 0. The van der Waals surface area contributed by atoms with Gasteiger partial charge in [-0.05, 0) is 24.8 Å². The van der Waals surface area contributed by atoms with Crippen molar-refractivity contribution in [3.05, 3.63) is 24.3 Å². The van der Waals surface area contributed by atoms with Crippen LogP contribution in [0.3, 0.4) is 0 Å². The van der Waals surface area contributed by atoms with Crippen molar-refractivity contribution in [2.45, 2.75) is 12.8 Å². The fourth-order valence-electron chi connectivity index (χ4n) is 2.00. The Kier molecular flexibility index (Phi) is 4.17. The van der Waals surface area contributed by atoms with Gasteiger partial charge in [-0.1, -0.05) is 23.7 Å². The van der Waals surface area contributed by atoms with E-state index in [9.17, 15) is 12.9 Å². The summed E-state index contributed by atoms with van der Waals surface area (Å²) >= 11 is 0. The zero-order valence-corrected chi connectivity index (χ0v) is 9.95. The topological polar surface area (TPSA) is 18.5 Å². The largest absolute Gasteiger partial charge is 0.513 e. The van der Waals surface area contributed by atoms with Gasteiger partial charge in [0.25, 0.3) is 0 Å². The molecule has 0 radical (unpaired) electrons. The van der Waals surface area contributed by atoms with Gasteiger partial charge >= 0.3 is 6.98 Å². The molecule has 1 aromatic rings. The molecule has 0 spiro atoms. The molecule has 6 heteroatoms. The lowest BCUT2D eigenvalue weighted by atomic mass is 9.79. The third-order valence-electron chi connectivity index (χ3n) is 3.09. The Bertz CT molecular complexity index is 389. The van der Waals surface area contributed by atoms with Gasteiger partial charge in [0, 0.05) is 13.2 Å². The van der Waals surface area contributed by atoms with Crippen LogP contribution in [0.4, 0.5) is 12.9 Å². The van der Waals surface area contributed by atoms with Crippen molar-refractivity contribution in [1.29, 1.82) is 0 Å². The van der Waals surface area contributed by atoms with Crippen LogP contribution in [0.1, 0.15) is 12.8 Å². The van der Waals surface area contributed by atoms with Crippen LogP contribution in [0.2, 0.25) is 0 Å². The van der Waals surface area contributed by atoms with Gasteiger partial charge < -0.3 is 22.4 Å². The van der Waals surface area contributed by atoms with Gasteiger partial charge in [0.15, 0.2) is 0 Å². The molecule has 1 fully saturated rings. The molecule has 0 aliphatic carbocycles. The van der Waals surface area contributed by atoms with Gasteiger partial charge in [-0.2, -0.15) is 0 Å². The molecule has 0 atom stereocenters. The normalized spacial score (nSPS) is 17.7. The summed E-state index contributed by atoms with van der Waals surface area (Å²) in [5.41, 5.74) is -0.649. The van der Waals surface area contributed by atoms with Gasteiger partial charge in [0.05, 0.1) is 12.4 Å². The molecule has 1 heterocycles. The summed E-state index contributed by atoms with van der Waals surface area (Å²) in [6.45, 7) is -3.36. The molecule has 0 aromatic heterocycles. The van der Waals surface area contributed by atoms with Crippen LogP contribution < -0.4 is 10.2 Å². The summed E-state index contributed by atoms with van der Waals surface area (Å²) in [6.07, 6.45) is 1.69. The molecule has 0 saturated carbocycles. The standard InChI is InChI=1S/C12H15BF3O2/c14-13(15,16)11-3-1-2-4-12(11)18-9-10-5-7-17-8-6-10/h1-4,10H,5-9H2/q-1. The van der Waals surface area contributed by atoms with Crippen molar-refractivity contribution in [2.75, 3.05) is 19.8 Å². The lowest BCUT2D eigenvalue weighted by molar-refractivity contribution is 0.0498. The predicted octanol–water partition coefficient (Wildman–Crippen LogP) is 2.55. The van der Waals surface area contributed by atoms with E-state index in [1.54, 1.807) is 6.07 Å². The smallest absolute Gasteiger partial charge is 0.496 e. The van der Waals surface area contributed by atoms with E-state index in [0.29, 0.717) is 19.8 Å². The number of para-hydroxylation sites is 1. The average Bonchev–Trinajstić information content (AvgIpc) is 2.37. The Hall–Kier alpha value is -1.17. The molecule has 1 aromatic carbocycles. The van der Waals surface area contributed by atoms with Crippen molar-refractivity contribution in [1.82, 2.24) is 0 Å². The van der Waals surface area contributed by atoms with Crippen LogP contribution in [0.15, 0.2) is 24.3 Å². The minimum Gasteiger partial charge on any atom is -0.496 e. The fourth-order valence-corrected chi connectivity index (χ4v) is 2.00. The van der Waals surface area contributed by atoms with E-state index in [1.165, 1.54) is 12.1 Å². The molecule has 1 aliphatic rings. The van der Waals surface area contributed by atoms with E-state index in [4.69, 9.17) is 9.47 Å². The molecule has 2 nitrogen and oxygen atoms in total. The summed E-state index contributed by atoms with van der Waals surface area (Å²) < 4.78 is 48.9. The molecule has 0 N–H and O–H groups in total. The van der Waals surface area contributed by atoms with Crippen LogP contribution in [-0.2, 0) is 4.74 Å². The fraction of sp³-hybridized carbons (Fsp3) is 0.500. The second kappa shape index (κ2) is 5.65. The average molecular weight is 259 g/mol. The van der Waals surface area contributed by atoms with Gasteiger partial charge in [-0.25, -0.2) is 0 Å². The zero-order chi connectivity index (χ0) is 13.0. The maximum atomic E-state index is 12.8. The van der Waals surface area contributed by atoms with Crippen molar-refractivity contribution in [2.24, 2.45) is 5.92 Å². The van der Waals surface area contributed by atoms with Crippen molar-refractivity contribution >= 4 is 12.4 Å². The molecule has 100 valence electrons. The second-order valence-corrected chi connectivity index (χ2v) is 4.48. The van der Waals surface area contributed by atoms with E-state index in [-0.39, 0.29) is 11.7 Å². The predicted molar refractivity (Wildman–Crippen MR) is 64.2 cm³/mol. The SMILES string of the molecule is F[B-](F)(F)c1ccccc1OCC1CCOCC1. The Balaban J connectivity index is 2.00. The van der Waals surface area contributed by atoms with E-state index in [2.05, 4.69) is 0 Å². The maximum absolute atomic E-state index is 12.8. The minimum absolute atomic E-state index is 0.0588. The molecule has 18 heavy (non-hydrogen) atoms. The summed E-state index contributed by atoms with van der Waals surface area (Å²) in [5, 5.41) is 0. The van der Waals surface area contributed by atoms with E-state index >= 15 is 0 Å². The maximum Gasteiger partial charge on any atom is 0.513 e. The third-order valence-corrected chi connectivity index (χ3v) is 3.09. The van der Waals surface area contributed by atoms with Gasteiger partial charge in [0.1, 0.15) is 0 Å². The summed E-state index contributed by atoms with van der Waals surface area (Å²) in [6, 6.07) is 5.39. The summed E-state index contributed by atoms with van der Waals surface area (Å²) in [5.74, 6) is 0.226. The molecule has 1 aliphatic heterocycles. The number of rotatable bonds is 4. The van der Waals surface area contributed by atoms with Crippen LogP contribution in [0, 0.1) is 5.92 Å². The first-order valence-electron chi connectivity index (χ1n) is 6.07. The molecule has 0 unspecified atom stereocenters. The highest BCUT2D eigenvalue weighted by Crippen LogP contribution is 2.20. The molecular formula is C12H15BF3O2-. The molecule has 1 saturated heterocycles. The van der Waals surface area contributed by atoms with Gasteiger partial charge in [-0.3, -0.25) is 0 Å². The molecular weight excluding hydrogens is 244 g/mol. The third kappa shape index (κ3) is 3.42. The molecule has 2 rings (SSSR count). The van der Waals surface area contributed by atoms with Gasteiger partial charge in [0.2, 0.25) is 0 Å². The Morgan fingerprint density at radius 3 is 2.50 bits per heavy atom. The zero-order valence-electron chi connectivity index (χ0n) is 9.95. The first-order valence-corrected chi connectivity index (χ1v) is 6.07. The summed E-state index contributed by atoms with van der Waals surface area (Å²) in [7, 11) is 0. The first-order chi connectivity index (χ1) is 8.57. The Morgan fingerprint density at radius 2 is 1.83 bits per heavy atom. The first kappa shape index (κ1) is 13.3. The highest BCUT2D eigenvalue weighted by molar-refractivity contribution is 6.74. The van der Waals surface area contributed by atoms with Crippen molar-refractivity contribution in [3.8, 4) is 5.75 Å². The lowest BCUT2D eigenvalue weighted by Crippen LogP contribution is -2.35. The number of halogens is 3. The Labute approximate surface area is 104 Å². The number of benzene rings is 1. The van der Waals surface area contributed by atoms with E-state index < -0.39 is 12.4 Å². The minimum atomic E-state index is -5.02. The number of hydrogen-bond acceptors (Lipinski definition) is 2. The number of hydrogen-bond donors (Lipinski definition) is 0. The van der Waals surface area contributed by atoms with E-state index in [1.807, 2.05) is 0 Å². The van der Waals surface area contributed by atoms with E-state index in [0.717, 1.165) is 18.9 Å². The second-order valence-electron chi connectivity index (χ2n) is 4.48. The highest BCUT2D eigenvalue weighted by Gasteiger charge is 2.29. The van der Waals surface area contributed by atoms with Crippen LogP contribution >= 0.6 is 0 Å². The van der Waals surface area contributed by atoms with Gasteiger partial charge in [-0.15, -0.1) is 0 Å². The van der Waals surface area contributed by atoms with Crippen LogP contribution in [0.25, 0.3) is 0 Å². The quantitative estimate of drug-likeness (QED) is 0.773. The highest BCUT2D eigenvalue weighted by atomic mass is 19.4. The monoisotopic (exact) mass is 259 g/mol. The molecule has 0 amide bonds. The Morgan fingerprint density at radius 1 is 1.17 bits per heavy atom. The van der Waals surface area contributed by atoms with Crippen LogP contribution in [-0.4, -0.2) is 26.8 Å². The van der Waals surface area contributed by atoms with Crippen molar-refractivity contribution in [3.63, 3.8) is 0 Å². The van der Waals surface area contributed by atoms with Crippen molar-refractivity contribution < 1.29 is 22.4 Å².